The number of ether oxygens (including phenoxy) is 1. The molecule has 0 aliphatic rings. The van der Waals surface area contributed by atoms with Gasteiger partial charge in [0.2, 0.25) is 4.96 Å². The first-order valence-electron chi connectivity index (χ1n) is 7.75. The van der Waals surface area contributed by atoms with Crippen molar-refractivity contribution in [3.05, 3.63) is 65.0 Å². The third-order valence-corrected chi connectivity index (χ3v) is 4.61. The summed E-state index contributed by atoms with van der Waals surface area (Å²) in [4.78, 5) is 13.2. The van der Waals surface area contributed by atoms with Crippen molar-refractivity contribution in [2.24, 2.45) is 0 Å². The molecule has 0 atom stereocenters. The van der Waals surface area contributed by atoms with Gasteiger partial charge < -0.3 is 4.74 Å². The van der Waals surface area contributed by atoms with Gasteiger partial charge in [-0.05, 0) is 24.3 Å². The summed E-state index contributed by atoms with van der Waals surface area (Å²) in [6, 6.07) is 16.6. The fourth-order valence-corrected chi connectivity index (χ4v) is 3.27. The Morgan fingerprint density at radius 2 is 1.81 bits per heavy atom. The zero-order valence-electron chi connectivity index (χ0n) is 13.5. The maximum absolute atomic E-state index is 12.7. The largest absolute Gasteiger partial charge is 0.481 e. The van der Waals surface area contributed by atoms with E-state index in [-0.39, 0.29) is 17.9 Å². The maximum Gasteiger partial charge on any atom is 0.302 e. The molecule has 2 aromatic carbocycles. The molecule has 0 spiro atoms. The summed E-state index contributed by atoms with van der Waals surface area (Å²) in [7, 11) is 0. The fraction of sp³-hybridized carbons (Fsp3) is 0.0526. The third-order valence-electron chi connectivity index (χ3n) is 3.66. The number of nitrogens with zero attached hydrogens (tertiary/aromatic N) is 4. The number of hydrogen-bond donors (Lipinski definition) is 0. The van der Waals surface area contributed by atoms with Gasteiger partial charge in [0.05, 0.1) is 0 Å². The van der Waals surface area contributed by atoms with Crippen LogP contribution < -0.4 is 10.3 Å². The van der Waals surface area contributed by atoms with Crippen LogP contribution in [0.1, 0.15) is 0 Å². The van der Waals surface area contributed by atoms with Gasteiger partial charge in [0, 0.05) is 11.1 Å². The van der Waals surface area contributed by atoms with E-state index in [1.165, 1.54) is 15.9 Å². The van der Waals surface area contributed by atoms with Crippen molar-refractivity contribution in [3.8, 4) is 39.9 Å². The molecule has 0 bridgehead atoms. The first-order valence-corrected chi connectivity index (χ1v) is 8.56. The third kappa shape index (κ3) is 2.94. The van der Waals surface area contributed by atoms with Gasteiger partial charge in [0.1, 0.15) is 17.4 Å². The molecule has 126 valence electrons. The lowest BCUT2D eigenvalue weighted by atomic mass is 10.2. The van der Waals surface area contributed by atoms with Crippen LogP contribution >= 0.6 is 11.3 Å². The Morgan fingerprint density at radius 3 is 2.54 bits per heavy atom. The molecule has 7 heteroatoms. The van der Waals surface area contributed by atoms with Crippen LogP contribution in [0.15, 0.2) is 59.4 Å². The Morgan fingerprint density at radius 1 is 1.04 bits per heavy atom. The van der Waals surface area contributed by atoms with E-state index in [1.54, 1.807) is 0 Å². The molecule has 0 amide bonds. The Bertz CT molecular complexity index is 1160. The minimum absolute atomic E-state index is 0.216. The minimum atomic E-state index is -0.294. The molecule has 0 fully saturated rings. The topological polar surface area (TPSA) is 69.4 Å². The summed E-state index contributed by atoms with van der Waals surface area (Å²) < 4.78 is 6.65. The second-order valence-corrected chi connectivity index (χ2v) is 6.29. The van der Waals surface area contributed by atoms with Gasteiger partial charge >= 0.3 is 5.56 Å². The summed E-state index contributed by atoms with van der Waals surface area (Å²) in [6.45, 7) is 0.216. The van der Waals surface area contributed by atoms with Gasteiger partial charge in [0.25, 0.3) is 0 Å². The predicted molar refractivity (Wildman–Crippen MR) is 100 cm³/mol. The molecule has 2 heterocycles. The molecular weight excluding hydrogens is 348 g/mol. The normalized spacial score (nSPS) is 10.6. The van der Waals surface area contributed by atoms with E-state index < -0.39 is 0 Å². The molecule has 0 unspecified atom stereocenters. The van der Waals surface area contributed by atoms with E-state index in [9.17, 15) is 4.79 Å². The van der Waals surface area contributed by atoms with Gasteiger partial charge in [-0.1, -0.05) is 47.6 Å². The monoisotopic (exact) mass is 360 g/mol. The van der Waals surface area contributed by atoms with Gasteiger partial charge in [-0.15, -0.1) is 16.6 Å². The van der Waals surface area contributed by atoms with Gasteiger partial charge in [-0.3, -0.25) is 4.79 Å². The highest BCUT2D eigenvalue weighted by atomic mass is 32.1. The molecule has 6 nitrogen and oxygen atoms in total. The summed E-state index contributed by atoms with van der Waals surface area (Å²) in [5.74, 6) is 3.10. The molecule has 2 aromatic heterocycles. The maximum atomic E-state index is 12.7. The Labute approximate surface area is 152 Å². The van der Waals surface area contributed by atoms with Crippen LogP contribution in [0.25, 0.3) is 26.8 Å². The number of terminal acetylenes is 1. The number of aromatic nitrogens is 4. The molecule has 0 N–H and O–H groups in total. The Balaban J connectivity index is 1.73. The molecule has 26 heavy (non-hydrogen) atoms. The SMILES string of the molecule is C#CCOc1ccc(-c2nn3c(=O)c(-c4ccccc4)nnc3s2)cc1. The van der Waals surface area contributed by atoms with Gasteiger partial charge in [-0.2, -0.15) is 9.61 Å². The molecule has 4 rings (SSSR count). The van der Waals surface area contributed by atoms with Crippen LogP contribution in [0.5, 0.6) is 5.75 Å². The van der Waals surface area contributed by atoms with E-state index in [2.05, 4.69) is 21.2 Å². The van der Waals surface area contributed by atoms with Crippen LogP contribution in [-0.2, 0) is 0 Å². The quantitative estimate of drug-likeness (QED) is 0.524. The fourth-order valence-electron chi connectivity index (χ4n) is 2.43. The molecule has 0 saturated heterocycles. The van der Waals surface area contributed by atoms with Crippen LogP contribution in [-0.4, -0.2) is 26.4 Å². The molecule has 0 aliphatic heterocycles. The first-order chi connectivity index (χ1) is 12.8. The molecule has 0 aliphatic carbocycles. The average molecular weight is 360 g/mol. The van der Waals surface area contributed by atoms with Crippen molar-refractivity contribution < 1.29 is 4.74 Å². The zero-order chi connectivity index (χ0) is 17.9. The molecule has 0 saturated carbocycles. The Hall–Kier alpha value is -3.50. The highest BCUT2D eigenvalue weighted by molar-refractivity contribution is 7.19. The standard InChI is InChI=1S/C19H12N4O2S/c1-2-12-25-15-10-8-14(9-11-15)17-22-23-18(24)16(20-21-19(23)26-17)13-6-4-3-5-7-13/h1,3-11H,12H2. The first kappa shape index (κ1) is 16.0. The highest BCUT2D eigenvalue weighted by Crippen LogP contribution is 2.26. The number of rotatable bonds is 4. The van der Waals surface area contributed by atoms with E-state index in [0.717, 1.165) is 5.56 Å². The van der Waals surface area contributed by atoms with E-state index in [0.29, 0.717) is 21.3 Å². The Kier molecular flexibility index (Phi) is 4.17. The molecular formula is C19H12N4O2S. The van der Waals surface area contributed by atoms with Crippen LogP contribution in [0.2, 0.25) is 0 Å². The second-order valence-electron chi connectivity index (χ2n) is 5.34. The van der Waals surface area contributed by atoms with Crippen LogP contribution in [0.4, 0.5) is 0 Å². The smallest absolute Gasteiger partial charge is 0.302 e. The van der Waals surface area contributed by atoms with Crippen molar-refractivity contribution in [2.45, 2.75) is 0 Å². The number of fused-ring (bicyclic) bond motifs is 1. The zero-order valence-corrected chi connectivity index (χ0v) is 14.3. The summed E-state index contributed by atoms with van der Waals surface area (Å²) in [5.41, 5.74) is 1.55. The van der Waals surface area contributed by atoms with Crippen molar-refractivity contribution >= 4 is 16.3 Å². The van der Waals surface area contributed by atoms with Crippen molar-refractivity contribution in [1.82, 2.24) is 19.8 Å². The van der Waals surface area contributed by atoms with Crippen molar-refractivity contribution in [1.29, 1.82) is 0 Å². The minimum Gasteiger partial charge on any atom is -0.481 e. The second kappa shape index (κ2) is 6.78. The van der Waals surface area contributed by atoms with E-state index in [1.807, 2.05) is 54.6 Å². The highest BCUT2D eigenvalue weighted by Gasteiger charge is 2.14. The average Bonchev–Trinajstić information content (AvgIpc) is 3.13. The summed E-state index contributed by atoms with van der Waals surface area (Å²) in [6.07, 6.45) is 5.18. The van der Waals surface area contributed by atoms with Crippen molar-refractivity contribution in [2.75, 3.05) is 6.61 Å². The summed E-state index contributed by atoms with van der Waals surface area (Å²) in [5, 5.41) is 13.3. The lowest BCUT2D eigenvalue weighted by molar-refractivity contribution is 0.370. The van der Waals surface area contributed by atoms with Crippen molar-refractivity contribution in [3.63, 3.8) is 0 Å². The van der Waals surface area contributed by atoms with E-state index >= 15 is 0 Å². The van der Waals surface area contributed by atoms with Crippen LogP contribution in [0.3, 0.4) is 0 Å². The van der Waals surface area contributed by atoms with Gasteiger partial charge in [0.15, 0.2) is 5.69 Å². The lowest BCUT2D eigenvalue weighted by Gasteiger charge is -2.02. The molecule has 0 radical (unpaired) electrons. The number of hydrogen-bond acceptors (Lipinski definition) is 6. The predicted octanol–water partition coefficient (Wildman–Crippen LogP) is 2.89. The number of benzene rings is 2. The van der Waals surface area contributed by atoms with Gasteiger partial charge in [-0.25, -0.2) is 0 Å². The van der Waals surface area contributed by atoms with E-state index in [4.69, 9.17) is 11.2 Å². The van der Waals surface area contributed by atoms with Crippen LogP contribution in [0, 0.1) is 12.3 Å². The summed E-state index contributed by atoms with van der Waals surface area (Å²) >= 11 is 1.30. The lowest BCUT2D eigenvalue weighted by Crippen LogP contribution is -2.19. The molecule has 4 aromatic rings.